The van der Waals surface area contributed by atoms with Crippen molar-refractivity contribution in [3.05, 3.63) is 12.5 Å². The Morgan fingerprint density at radius 2 is 2.47 bits per heavy atom. The van der Waals surface area contributed by atoms with E-state index in [4.69, 9.17) is 10.8 Å². The molecule has 0 radical (unpaired) electrons. The number of piperidine rings is 1. The van der Waals surface area contributed by atoms with Crippen LogP contribution in [0.15, 0.2) is 12.5 Å². The molecule has 2 heterocycles. The van der Waals surface area contributed by atoms with Crippen LogP contribution in [0.3, 0.4) is 0 Å². The molecule has 1 fully saturated rings. The average molecular weight is 208 g/mol. The first kappa shape index (κ1) is 10.2. The molecule has 0 saturated carbocycles. The van der Waals surface area contributed by atoms with Gasteiger partial charge in [0.25, 0.3) is 0 Å². The molecule has 15 heavy (non-hydrogen) atoms. The molecule has 5 heteroatoms. The van der Waals surface area contributed by atoms with Gasteiger partial charge in [-0.05, 0) is 18.8 Å². The van der Waals surface area contributed by atoms with E-state index in [1.807, 2.05) is 0 Å². The Balaban J connectivity index is 2.13. The van der Waals surface area contributed by atoms with E-state index in [-0.39, 0.29) is 6.61 Å². The lowest BCUT2D eigenvalue weighted by atomic mass is 9.99. The lowest BCUT2D eigenvalue weighted by Crippen LogP contribution is -2.37. The van der Waals surface area contributed by atoms with Gasteiger partial charge in [0.15, 0.2) is 5.82 Å². The molecule has 1 aromatic heterocycles. The molecule has 0 spiro atoms. The predicted molar refractivity (Wildman–Crippen MR) is 58.5 cm³/mol. The van der Waals surface area contributed by atoms with Crippen molar-refractivity contribution in [3.8, 4) is 0 Å². The van der Waals surface area contributed by atoms with Crippen molar-refractivity contribution in [1.29, 1.82) is 0 Å². The van der Waals surface area contributed by atoms with E-state index in [1.165, 1.54) is 6.33 Å². The Hall–Kier alpha value is -1.36. The van der Waals surface area contributed by atoms with Crippen molar-refractivity contribution < 1.29 is 5.11 Å². The molecule has 1 aliphatic heterocycles. The van der Waals surface area contributed by atoms with Gasteiger partial charge in [-0.25, -0.2) is 9.97 Å². The van der Waals surface area contributed by atoms with Crippen LogP contribution < -0.4 is 10.6 Å². The smallest absolute Gasteiger partial charge is 0.155 e. The predicted octanol–water partition coefficient (Wildman–Crippen LogP) is 0.267. The number of aromatic nitrogens is 2. The number of nitrogens with zero attached hydrogens (tertiary/aromatic N) is 3. The second-order valence-electron chi connectivity index (χ2n) is 3.94. The highest BCUT2D eigenvalue weighted by Gasteiger charge is 2.21. The second kappa shape index (κ2) is 4.44. The van der Waals surface area contributed by atoms with Crippen LogP contribution in [0.1, 0.15) is 12.8 Å². The highest BCUT2D eigenvalue weighted by Crippen LogP contribution is 2.24. The van der Waals surface area contributed by atoms with Gasteiger partial charge >= 0.3 is 0 Å². The summed E-state index contributed by atoms with van der Waals surface area (Å²) in [6, 6.07) is 0. The van der Waals surface area contributed by atoms with Crippen LogP contribution in [0, 0.1) is 5.92 Å². The fourth-order valence-corrected chi connectivity index (χ4v) is 2.00. The molecule has 0 amide bonds. The molecule has 1 aliphatic rings. The van der Waals surface area contributed by atoms with Crippen molar-refractivity contribution in [2.45, 2.75) is 12.8 Å². The number of aliphatic hydroxyl groups excluding tert-OH is 1. The van der Waals surface area contributed by atoms with E-state index >= 15 is 0 Å². The standard InChI is InChI=1S/C10H16N4O/c11-9-4-12-7-13-10(9)14-3-1-2-8(5-14)6-15/h4,7-8,15H,1-3,5-6,11H2. The molecule has 0 aromatic carbocycles. The molecule has 3 N–H and O–H groups in total. The van der Waals surface area contributed by atoms with Gasteiger partial charge in [-0.2, -0.15) is 0 Å². The minimum absolute atomic E-state index is 0.238. The second-order valence-corrected chi connectivity index (χ2v) is 3.94. The Labute approximate surface area is 88.9 Å². The maximum atomic E-state index is 9.13. The highest BCUT2D eigenvalue weighted by atomic mass is 16.3. The summed E-state index contributed by atoms with van der Waals surface area (Å²) in [5, 5.41) is 9.13. The van der Waals surface area contributed by atoms with Crippen LogP contribution >= 0.6 is 0 Å². The molecule has 1 saturated heterocycles. The fourth-order valence-electron chi connectivity index (χ4n) is 2.00. The van der Waals surface area contributed by atoms with E-state index in [2.05, 4.69) is 14.9 Å². The van der Waals surface area contributed by atoms with Crippen molar-refractivity contribution in [2.75, 3.05) is 30.3 Å². The number of nitrogens with two attached hydrogens (primary N) is 1. The molecule has 1 aromatic rings. The van der Waals surface area contributed by atoms with Crippen LogP contribution in [0.2, 0.25) is 0 Å². The van der Waals surface area contributed by atoms with Crippen LogP contribution in [0.4, 0.5) is 11.5 Å². The third-order valence-corrected chi connectivity index (χ3v) is 2.80. The number of nitrogen functional groups attached to an aromatic ring is 1. The van der Waals surface area contributed by atoms with E-state index < -0.39 is 0 Å². The van der Waals surface area contributed by atoms with Gasteiger partial charge in [-0.3, -0.25) is 0 Å². The van der Waals surface area contributed by atoms with Crippen molar-refractivity contribution >= 4 is 11.5 Å². The number of aliphatic hydroxyl groups is 1. The summed E-state index contributed by atoms with van der Waals surface area (Å²) in [5.41, 5.74) is 6.42. The maximum absolute atomic E-state index is 9.13. The van der Waals surface area contributed by atoms with Crippen LogP contribution in [-0.2, 0) is 0 Å². The van der Waals surface area contributed by atoms with Crippen LogP contribution in [0.25, 0.3) is 0 Å². The molecule has 0 aliphatic carbocycles. The third-order valence-electron chi connectivity index (χ3n) is 2.80. The van der Waals surface area contributed by atoms with Crippen molar-refractivity contribution in [3.63, 3.8) is 0 Å². The van der Waals surface area contributed by atoms with E-state index in [1.54, 1.807) is 6.20 Å². The number of hydrogen-bond donors (Lipinski definition) is 2. The van der Waals surface area contributed by atoms with E-state index in [0.29, 0.717) is 11.6 Å². The first-order valence-corrected chi connectivity index (χ1v) is 5.22. The first-order valence-electron chi connectivity index (χ1n) is 5.22. The lowest BCUT2D eigenvalue weighted by Gasteiger charge is -2.33. The Bertz CT molecular complexity index is 331. The average Bonchev–Trinajstić information content (AvgIpc) is 2.30. The minimum atomic E-state index is 0.238. The van der Waals surface area contributed by atoms with Crippen molar-refractivity contribution in [2.24, 2.45) is 5.92 Å². The monoisotopic (exact) mass is 208 g/mol. The number of hydrogen-bond acceptors (Lipinski definition) is 5. The van der Waals surface area contributed by atoms with Gasteiger partial charge < -0.3 is 15.7 Å². The van der Waals surface area contributed by atoms with Gasteiger partial charge in [0.2, 0.25) is 0 Å². The Morgan fingerprint density at radius 3 is 3.20 bits per heavy atom. The highest BCUT2D eigenvalue weighted by molar-refractivity contribution is 5.61. The van der Waals surface area contributed by atoms with Crippen LogP contribution in [-0.4, -0.2) is 34.8 Å². The summed E-state index contributed by atoms with van der Waals surface area (Å²) in [5.74, 6) is 1.14. The molecule has 0 bridgehead atoms. The molecular weight excluding hydrogens is 192 g/mol. The maximum Gasteiger partial charge on any atom is 0.155 e. The summed E-state index contributed by atoms with van der Waals surface area (Å²) in [6.45, 7) is 2.02. The van der Waals surface area contributed by atoms with Gasteiger partial charge in [0.05, 0.1) is 11.9 Å². The summed E-state index contributed by atoms with van der Waals surface area (Å²) in [4.78, 5) is 10.2. The first-order chi connectivity index (χ1) is 7.31. The van der Waals surface area contributed by atoms with E-state index in [0.717, 1.165) is 31.7 Å². The molecule has 82 valence electrons. The third kappa shape index (κ3) is 2.18. The zero-order chi connectivity index (χ0) is 10.7. The topological polar surface area (TPSA) is 75.3 Å². The van der Waals surface area contributed by atoms with Gasteiger partial charge in [-0.15, -0.1) is 0 Å². The zero-order valence-corrected chi connectivity index (χ0v) is 8.63. The quantitative estimate of drug-likeness (QED) is 0.729. The molecule has 1 atom stereocenters. The van der Waals surface area contributed by atoms with E-state index in [9.17, 15) is 0 Å². The number of anilines is 2. The normalized spacial score (nSPS) is 21.7. The summed E-state index contributed by atoms with van der Waals surface area (Å²) >= 11 is 0. The molecule has 5 nitrogen and oxygen atoms in total. The zero-order valence-electron chi connectivity index (χ0n) is 8.63. The summed E-state index contributed by atoms with van der Waals surface area (Å²) in [6.07, 6.45) is 5.28. The summed E-state index contributed by atoms with van der Waals surface area (Å²) in [7, 11) is 0. The molecule has 1 unspecified atom stereocenters. The minimum Gasteiger partial charge on any atom is -0.396 e. The SMILES string of the molecule is Nc1cncnc1N1CCCC(CO)C1. The lowest BCUT2D eigenvalue weighted by molar-refractivity contribution is 0.208. The molecular formula is C10H16N4O. The molecule has 2 rings (SSSR count). The van der Waals surface area contributed by atoms with Gasteiger partial charge in [0.1, 0.15) is 6.33 Å². The largest absolute Gasteiger partial charge is 0.396 e. The summed E-state index contributed by atoms with van der Waals surface area (Å²) < 4.78 is 0. The van der Waals surface area contributed by atoms with Gasteiger partial charge in [0, 0.05) is 19.7 Å². The Morgan fingerprint density at radius 1 is 1.60 bits per heavy atom. The van der Waals surface area contributed by atoms with Crippen LogP contribution in [0.5, 0.6) is 0 Å². The fraction of sp³-hybridized carbons (Fsp3) is 0.600. The van der Waals surface area contributed by atoms with Crippen molar-refractivity contribution in [1.82, 2.24) is 9.97 Å². The number of rotatable bonds is 2. The van der Waals surface area contributed by atoms with Gasteiger partial charge in [-0.1, -0.05) is 0 Å². The Kier molecular flexibility index (Phi) is 3.01.